The molecule has 1 aromatic carbocycles. The standard InChI is InChI=1S/C17H20FN5S.C2H6/c1-9-10(2)22-23-15(9)21-16-11-6-14(24-17(3,4)5)12(18)7-13(11)19-8-20-16;1-2/h6-8H,1-5H3,(H2,19,20,21,22,23);1-2H3. The molecule has 2 N–H and O–H groups in total. The molecule has 0 saturated carbocycles. The predicted octanol–water partition coefficient (Wildman–Crippen LogP) is 5.77. The lowest BCUT2D eigenvalue weighted by Crippen LogP contribution is -2.07. The molecule has 5 nitrogen and oxygen atoms in total. The number of hydrogen-bond acceptors (Lipinski definition) is 5. The molecule has 0 atom stereocenters. The molecule has 26 heavy (non-hydrogen) atoms. The Morgan fingerprint density at radius 1 is 1.08 bits per heavy atom. The third-order valence-corrected chi connectivity index (χ3v) is 4.74. The summed E-state index contributed by atoms with van der Waals surface area (Å²) in [6.07, 6.45) is 1.43. The average molecular weight is 376 g/mol. The van der Waals surface area contributed by atoms with Crippen LogP contribution in [0.3, 0.4) is 0 Å². The minimum atomic E-state index is -0.265. The first-order chi connectivity index (χ1) is 12.2. The van der Waals surface area contributed by atoms with E-state index < -0.39 is 0 Å². The predicted molar refractivity (Wildman–Crippen MR) is 108 cm³/mol. The smallest absolute Gasteiger partial charge is 0.156 e. The number of anilines is 2. The zero-order valence-electron chi connectivity index (χ0n) is 16.4. The van der Waals surface area contributed by atoms with E-state index in [1.807, 2.05) is 27.7 Å². The Morgan fingerprint density at radius 3 is 2.35 bits per heavy atom. The fourth-order valence-electron chi connectivity index (χ4n) is 2.28. The van der Waals surface area contributed by atoms with Gasteiger partial charge in [-0.15, -0.1) is 11.8 Å². The molecular weight excluding hydrogens is 349 g/mol. The van der Waals surface area contributed by atoms with Gasteiger partial charge < -0.3 is 5.32 Å². The zero-order valence-corrected chi connectivity index (χ0v) is 17.2. The molecule has 0 bridgehead atoms. The van der Waals surface area contributed by atoms with Gasteiger partial charge in [-0.25, -0.2) is 14.4 Å². The Balaban J connectivity index is 0.00000117. The summed E-state index contributed by atoms with van der Waals surface area (Å²) in [5.41, 5.74) is 2.58. The van der Waals surface area contributed by atoms with Gasteiger partial charge in [-0.1, -0.05) is 34.6 Å². The third-order valence-electron chi connectivity index (χ3n) is 3.60. The quantitative estimate of drug-likeness (QED) is 0.569. The second-order valence-corrected chi connectivity index (χ2v) is 8.55. The number of nitrogens with one attached hydrogen (secondary N) is 2. The van der Waals surface area contributed by atoms with Crippen LogP contribution in [-0.4, -0.2) is 24.9 Å². The van der Waals surface area contributed by atoms with Crippen molar-refractivity contribution in [1.82, 2.24) is 20.2 Å². The number of aromatic nitrogens is 4. The van der Waals surface area contributed by atoms with Gasteiger partial charge in [0.05, 0.1) is 5.52 Å². The molecule has 0 unspecified atom stereocenters. The van der Waals surface area contributed by atoms with Crippen LogP contribution in [0, 0.1) is 19.7 Å². The largest absolute Gasteiger partial charge is 0.323 e. The summed E-state index contributed by atoms with van der Waals surface area (Å²) >= 11 is 1.48. The monoisotopic (exact) mass is 375 g/mol. The van der Waals surface area contributed by atoms with Crippen LogP contribution in [-0.2, 0) is 0 Å². The van der Waals surface area contributed by atoms with Crippen LogP contribution in [0.1, 0.15) is 45.9 Å². The van der Waals surface area contributed by atoms with Gasteiger partial charge in [-0.2, -0.15) is 5.10 Å². The van der Waals surface area contributed by atoms with E-state index in [-0.39, 0.29) is 10.6 Å². The second kappa shape index (κ2) is 8.03. The first-order valence-electron chi connectivity index (χ1n) is 8.66. The molecule has 0 fully saturated rings. The Bertz CT molecular complexity index is 899. The number of H-pyrrole nitrogens is 1. The Morgan fingerprint density at radius 2 is 1.77 bits per heavy atom. The van der Waals surface area contributed by atoms with E-state index in [0.717, 1.165) is 16.6 Å². The van der Waals surface area contributed by atoms with Crippen molar-refractivity contribution < 1.29 is 4.39 Å². The van der Waals surface area contributed by atoms with E-state index in [9.17, 15) is 4.39 Å². The van der Waals surface area contributed by atoms with Gasteiger partial charge in [0, 0.05) is 32.4 Å². The number of halogens is 1. The topological polar surface area (TPSA) is 66.5 Å². The number of thioether (sulfide) groups is 1. The fourth-order valence-corrected chi connectivity index (χ4v) is 3.28. The Kier molecular flexibility index (Phi) is 6.23. The molecule has 140 valence electrons. The summed E-state index contributed by atoms with van der Waals surface area (Å²) in [4.78, 5) is 9.08. The molecule has 3 rings (SSSR count). The first-order valence-corrected chi connectivity index (χ1v) is 9.48. The maximum absolute atomic E-state index is 14.4. The molecule has 0 saturated heterocycles. The first kappa shape index (κ1) is 20.2. The molecular formula is C19H26FN5S. The highest BCUT2D eigenvalue weighted by Gasteiger charge is 2.18. The van der Waals surface area contributed by atoms with Gasteiger partial charge >= 0.3 is 0 Å². The maximum atomic E-state index is 14.4. The van der Waals surface area contributed by atoms with Crippen LogP contribution in [0.15, 0.2) is 23.4 Å². The highest BCUT2D eigenvalue weighted by atomic mass is 32.2. The van der Waals surface area contributed by atoms with E-state index in [1.165, 1.54) is 24.2 Å². The van der Waals surface area contributed by atoms with Gasteiger partial charge in [-0.05, 0) is 19.9 Å². The highest BCUT2D eigenvalue weighted by molar-refractivity contribution is 8.00. The SMILES string of the molecule is CC.Cc1[nH]nc(Nc2ncnc3cc(F)c(SC(C)(C)C)cc23)c1C. The lowest BCUT2D eigenvalue weighted by molar-refractivity contribution is 0.602. The molecule has 2 aromatic heterocycles. The van der Waals surface area contributed by atoms with Crippen molar-refractivity contribution in [2.45, 2.75) is 58.1 Å². The van der Waals surface area contributed by atoms with Crippen molar-refractivity contribution in [1.29, 1.82) is 0 Å². The highest BCUT2D eigenvalue weighted by Crippen LogP contribution is 2.36. The number of nitrogens with zero attached hydrogens (tertiary/aromatic N) is 3. The summed E-state index contributed by atoms with van der Waals surface area (Å²) in [6.45, 7) is 14.1. The van der Waals surface area contributed by atoms with Gasteiger partial charge in [0.1, 0.15) is 18.0 Å². The number of benzene rings is 1. The van der Waals surface area contributed by atoms with Crippen molar-refractivity contribution in [3.05, 3.63) is 35.5 Å². The van der Waals surface area contributed by atoms with Crippen LogP contribution in [0.2, 0.25) is 0 Å². The van der Waals surface area contributed by atoms with E-state index >= 15 is 0 Å². The van der Waals surface area contributed by atoms with E-state index in [0.29, 0.717) is 22.0 Å². The fraction of sp³-hybridized carbons (Fsp3) is 0.421. The van der Waals surface area contributed by atoms with Crippen LogP contribution >= 0.6 is 11.8 Å². The van der Waals surface area contributed by atoms with Crippen molar-refractivity contribution in [2.24, 2.45) is 0 Å². The summed E-state index contributed by atoms with van der Waals surface area (Å²) in [5, 5.41) is 11.2. The average Bonchev–Trinajstić information content (AvgIpc) is 2.89. The summed E-state index contributed by atoms with van der Waals surface area (Å²) < 4.78 is 14.3. The van der Waals surface area contributed by atoms with Crippen molar-refractivity contribution in [3.8, 4) is 0 Å². The zero-order chi connectivity index (χ0) is 19.5. The number of hydrogen-bond donors (Lipinski definition) is 2. The molecule has 0 aliphatic heterocycles. The van der Waals surface area contributed by atoms with Gasteiger partial charge in [-0.3, -0.25) is 5.10 Å². The molecule has 0 amide bonds. The lowest BCUT2D eigenvalue weighted by Gasteiger charge is -2.18. The van der Waals surface area contributed by atoms with Crippen molar-refractivity contribution >= 4 is 34.3 Å². The molecule has 0 aliphatic carbocycles. The molecule has 0 radical (unpaired) electrons. The summed E-state index contributed by atoms with van der Waals surface area (Å²) in [5.74, 6) is 1.06. The minimum Gasteiger partial charge on any atom is -0.323 e. The van der Waals surface area contributed by atoms with Gasteiger partial charge in [0.25, 0.3) is 0 Å². The van der Waals surface area contributed by atoms with E-state index in [2.05, 4.69) is 46.3 Å². The van der Waals surface area contributed by atoms with E-state index in [4.69, 9.17) is 0 Å². The summed E-state index contributed by atoms with van der Waals surface area (Å²) in [6, 6.07) is 3.26. The normalized spacial score (nSPS) is 11.2. The van der Waals surface area contributed by atoms with E-state index in [1.54, 1.807) is 6.07 Å². The van der Waals surface area contributed by atoms with Crippen molar-refractivity contribution in [3.63, 3.8) is 0 Å². The molecule has 7 heteroatoms. The Labute approximate surface area is 158 Å². The summed E-state index contributed by atoms with van der Waals surface area (Å²) in [7, 11) is 0. The molecule has 0 spiro atoms. The van der Waals surface area contributed by atoms with Gasteiger partial charge in [0.2, 0.25) is 0 Å². The molecule has 3 aromatic rings. The second-order valence-electron chi connectivity index (χ2n) is 6.68. The minimum absolute atomic E-state index is 0.0896. The Hall–Kier alpha value is -2.15. The number of aryl methyl sites for hydroxylation is 1. The van der Waals surface area contributed by atoms with Crippen LogP contribution < -0.4 is 5.32 Å². The number of rotatable bonds is 3. The van der Waals surface area contributed by atoms with Gasteiger partial charge in [0.15, 0.2) is 5.82 Å². The van der Waals surface area contributed by atoms with Crippen LogP contribution in [0.4, 0.5) is 16.0 Å². The lowest BCUT2D eigenvalue weighted by atomic mass is 10.2. The van der Waals surface area contributed by atoms with Crippen LogP contribution in [0.5, 0.6) is 0 Å². The van der Waals surface area contributed by atoms with Crippen molar-refractivity contribution in [2.75, 3.05) is 5.32 Å². The maximum Gasteiger partial charge on any atom is 0.156 e. The van der Waals surface area contributed by atoms with Crippen LogP contribution in [0.25, 0.3) is 10.9 Å². The molecule has 2 heterocycles. The number of aromatic amines is 1. The molecule has 0 aliphatic rings. The third kappa shape index (κ3) is 4.52. The number of fused-ring (bicyclic) bond motifs is 1.